The molecule has 15 heavy (non-hydrogen) atoms. The fraction of sp³-hybridized carbons (Fsp3) is 1.00. The SMILES string of the molecule is CCC(O)(CC)CN1CCC(C)CC1C. The maximum Gasteiger partial charge on any atom is 0.0769 e. The van der Waals surface area contributed by atoms with E-state index in [1.807, 2.05) is 0 Å². The zero-order valence-corrected chi connectivity index (χ0v) is 10.8. The van der Waals surface area contributed by atoms with E-state index >= 15 is 0 Å². The van der Waals surface area contributed by atoms with Crippen LogP contribution in [0.5, 0.6) is 0 Å². The quantitative estimate of drug-likeness (QED) is 0.776. The number of rotatable bonds is 4. The number of hydrogen-bond donors (Lipinski definition) is 1. The molecule has 0 saturated carbocycles. The van der Waals surface area contributed by atoms with Crippen molar-refractivity contribution in [3.05, 3.63) is 0 Å². The fourth-order valence-corrected chi connectivity index (χ4v) is 2.54. The van der Waals surface area contributed by atoms with Gasteiger partial charge in [-0.2, -0.15) is 0 Å². The van der Waals surface area contributed by atoms with Crippen LogP contribution in [0.3, 0.4) is 0 Å². The lowest BCUT2D eigenvalue weighted by molar-refractivity contribution is -0.0248. The van der Waals surface area contributed by atoms with Gasteiger partial charge in [0, 0.05) is 12.6 Å². The average Bonchev–Trinajstić information content (AvgIpc) is 2.22. The summed E-state index contributed by atoms with van der Waals surface area (Å²) in [6.07, 6.45) is 4.29. The Labute approximate surface area is 94.7 Å². The summed E-state index contributed by atoms with van der Waals surface area (Å²) < 4.78 is 0. The molecule has 1 saturated heterocycles. The largest absolute Gasteiger partial charge is 0.389 e. The van der Waals surface area contributed by atoms with Crippen molar-refractivity contribution in [1.29, 1.82) is 0 Å². The van der Waals surface area contributed by atoms with Crippen molar-refractivity contribution in [2.75, 3.05) is 13.1 Å². The number of hydrogen-bond acceptors (Lipinski definition) is 2. The second-order valence-corrected chi connectivity index (χ2v) is 5.38. The molecular formula is C13H27NO. The van der Waals surface area contributed by atoms with Gasteiger partial charge in [-0.15, -0.1) is 0 Å². The van der Waals surface area contributed by atoms with Gasteiger partial charge in [0.25, 0.3) is 0 Å². The number of likely N-dealkylation sites (tertiary alicyclic amines) is 1. The van der Waals surface area contributed by atoms with Crippen LogP contribution in [-0.4, -0.2) is 34.7 Å². The molecule has 0 amide bonds. The number of β-amino-alcohol motifs (C(OH)–C–C–N with tert-alkyl or cyclic N) is 1. The second kappa shape index (κ2) is 5.31. The molecule has 0 aromatic heterocycles. The highest BCUT2D eigenvalue weighted by Gasteiger charge is 2.30. The number of aliphatic hydroxyl groups is 1. The van der Waals surface area contributed by atoms with E-state index in [9.17, 15) is 5.11 Å². The Morgan fingerprint density at radius 1 is 1.27 bits per heavy atom. The molecule has 1 rings (SSSR count). The van der Waals surface area contributed by atoms with Crippen LogP contribution in [0.4, 0.5) is 0 Å². The highest BCUT2D eigenvalue weighted by Crippen LogP contribution is 2.25. The van der Waals surface area contributed by atoms with E-state index in [1.165, 1.54) is 12.8 Å². The fourth-order valence-electron chi connectivity index (χ4n) is 2.54. The van der Waals surface area contributed by atoms with Crippen molar-refractivity contribution in [3.8, 4) is 0 Å². The molecule has 1 aliphatic rings. The second-order valence-electron chi connectivity index (χ2n) is 5.38. The van der Waals surface area contributed by atoms with E-state index in [0.29, 0.717) is 6.04 Å². The van der Waals surface area contributed by atoms with E-state index in [4.69, 9.17) is 0 Å². The molecule has 90 valence electrons. The van der Waals surface area contributed by atoms with Crippen LogP contribution < -0.4 is 0 Å². The first kappa shape index (κ1) is 13.0. The van der Waals surface area contributed by atoms with Gasteiger partial charge in [-0.05, 0) is 45.1 Å². The average molecular weight is 213 g/mol. The van der Waals surface area contributed by atoms with Crippen molar-refractivity contribution in [3.63, 3.8) is 0 Å². The third-order valence-corrected chi connectivity index (χ3v) is 4.09. The maximum atomic E-state index is 10.3. The molecule has 2 nitrogen and oxygen atoms in total. The van der Waals surface area contributed by atoms with Crippen molar-refractivity contribution in [2.24, 2.45) is 5.92 Å². The Hall–Kier alpha value is -0.0800. The summed E-state index contributed by atoms with van der Waals surface area (Å²) in [6, 6.07) is 0.637. The van der Waals surface area contributed by atoms with Crippen molar-refractivity contribution < 1.29 is 5.11 Å². The Balaban J connectivity index is 2.50. The summed E-state index contributed by atoms with van der Waals surface area (Å²) in [5.41, 5.74) is -0.463. The summed E-state index contributed by atoms with van der Waals surface area (Å²) in [4.78, 5) is 2.47. The first-order valence-corrected chi connectivity index (χ1v) is 6.47. The Bertz CT molecular complexity index is 189. The molecule has 0 bridgehead atoms. The number of piperidine rings is 1. The van der Waals surface area contributed by atoms with Crippen LogP contribution in [0.2, 0.25) is 0 Å². The molecule has 1 fully saturated rings. The molecule has 1 heterocycles. The van der Waals surface area contributed by atoms with Crippen LogP contribution in [0.15, 0.2) is 0 Å². The monoisotopic (exact) mass is 213 g/mol. The molecule has 0 aromatic rings. The van der Waals surface area contributed by atoms with Gasteiger partial charge >= 0.3 is 0 Å². The lowest BCUT2D eigenvalue weighted by Crippen LogP contribution is -2.49. The third-order valence-electron chi connectivity index (χ3n) is 4.09. The summed E-state index contributed by atoms with van der Waals surface area (Å²) in [6.45, 7) is 10.8. The van der Waals surface area contributed by atoms with Gasteiger partial charge in [-0.25, -0.2) is 0 Å². The zero-order chi connectivity index (χ0) is 11.5. The molecule has 0 spiro atoms. The van der Waals surface area contributed by atoms with E-state index in [1.54, 1.807) is 0 Å². The van der Waals surface area contributed by atoms with Crippen LogP contribution >= 0.6 is 0 Å². The molecule has 2 unspecified atom stereocenters. The standard InChI is InChI=1S/C13H27NO/c1-5-13(15,6-2)10-14-8-7-11(3)9-12(14)4/h11-12,15H,5-10H2,1-4H3. The Kier molecular flexibility index (Phi) is 4.60. The third kappa shape index (κ3) is 3.46. The molecule has 2 atom stereocenters. The van der Waals surface area contributed by atoms with E-state index in [2.05, 4.69) is 32.6 Å². The molecule has 0 aliphatic carbocycles. The minimum atomic E-state index is -0.463. The van der Waals surface area contributed by atoms with E-state index < -0.39 is 5.60 Å². The normalized spacial score (nSPS) is 29.4. The Morgan fingerprint density at radius 2 is 1.87 bits per heavy atom. The molecular weight excluding hydrogens is 186 g/mol. The predicted octanol–water partition coefficient (Wildman–Crippen LogP) is 2.66. The predicted molar refractivity (Wildman–Crippen MR) is 65.0 cm³/mol. The van der Waals surface area contributed by atoms with Crippen LogP contribution in [0, 0.1) is 5.92 Å². The summed E-state index contributed by atoms with van der Waals surface area (Å²) in [5, 5.41) is 10.3. The van der Waals surface area contributed by atoms with Gasteiger partial charge < -0.3 is 5.11 Å². The maximum absolute atomic E-state index is 10.3. The lowest BCUT2D eigenvalue weighted by atomic mass is 9.90. The first-order valence-electron chi connectivity index (χ1n) is 6.47. The van der Waals surface area contributed by atoms with Gasteiger partial charge in [-0.1, -0.05) is 20.8 Å². The van der Waals surface area contributed by atoms with Gasteiger partial charge in [0.15, 0.2) is 0 Å². The van der Waals surface area contributed by atoms with Gasteiger partial charge in [-0.3, -0.25) is 4.90 Å². The summed E-state index contributed by atoms with van der Waals surface area (Å²) in [5.74, 6) is 0.854. The molecule has 2 heteroatoms. The molecule has 1 aliphatic heterocycles. The first-order chi connectivity index (χ1) is 7.00. The molecule has 0 aromatic carbocycles. The molecule has 0 radical (unpaired) electrons. The van der Waals surface area contributed by atoms with Gasteiger partial charge in [0.2, 0.25) is 0 Å². The molecule has 1 N–H and O–H groups in total. The van der Waals surface area contributed by atoms with Crippen LogP contribution in [-0.2, 0) is 0 Å². The van der Waals surface area contributed by atoms with Crippen LogP contribution in [0.1, 0.15) is 53.4 Å². The van der Waals surface area contributed by atoms with Gasteiger partial charge in [0.05, 0.1) is 5.60 Å². The van der Waals surface area contributed by atoms with E-state index in [-0.39, 0.29) is 0 Å². The minimum absolute atomic E-state index is 0.463. The van der Waals surface area contributed by atoms with Crippen molar-refractivity contribution >= 4 is 0 Å². The van der Waals surface area contributed by atoms with Gasteiger partial charge in [0.1, 0.15) is 0 Å². The Morgan fingerprint density at radius 3 is 2.33 bits per heavy atom. The highest BCUT2D eigenvalue weighted by atomic mass is 16.3. The minimum Gasteiger partial charge on any atom is -0.389 e. The number of nitrogens with zero attached hydrogens (tertiary/aromatic N) is 1. The topological polar surface area (TPSA) is 23.5 Å². The highest BCUT2D eigenvalue weighted by molar-refractivity contribution is 4.85. The van der Waals surface area contributed by atoms with E-state index in [0.717, 1.165) is 31.8 Å². The lowest BCUT2D eigenvalue weighted by Gasteiger charge is -2.41. The smallest absolute Gasteiger partial charge is 0.0769 e. The summed E-state index contributed by atoms with van der Waals surface area (Å²) >= 11 is 0. The zero-order valence-electron chi connectivity index (χ0n) is 10.8. The van der Waals surface area contributed by atoms with Crippen molar-refractivity contribution in [2.45, 2.75) is 65.0 Å². The van der Waals surface area contributed by atoms with Crippen molar-refractivity contribution in [1.82, 2.24) is 4.90 Å². The summed E-state index contributed by atoms with van der Waals surface area (Å²) in [7, 11) is 0. The van der Waals surface area contributed by atoms with Crippen LogP contribution in [0.25, 0.3) is 0 Å².